The molecule has 0 spiro atoms. The van der Waals surface area contributed by atoms with Gasteiger partial charge in [-0.05, 0) is 54.6 Å². The zero-order valence-corrected chi connectivity index (χ0v) is 16.5. The maximum absolute atomic E-state index is 13.1. The van der Waals surface area contributed by atoms with Crippen LogP contribution in [0.25, 0.3) is 21.9 Å². The van der Waals surface area contributed by atoms with Crippen molar-refractivity contribution in [2.45, 2.75) is 9.79 Å². The topological polar surface area (TPSA) is 86.5 Å². The number of anilines is 1. The first-order chi connectivity index (χ1) is 14.2. The van der Waals surface area contributed by atoms with Gasteiger partial charge in [0.05, 0.1) is 16.6 Å². The maximum Gasteiger partial charge on any atom is 0.273 e. The highest BCUT2D eigenvalue weighted by atomic mass is 35.5. The molecule has 0 saturated carbocycles. The van der Waals surface area contributed by atoms with Crippen LogP contribution in [0.2, 0.25) is 5.02 Å². The van der Waals surface area contributed by atoms with Crippen LogP contribution in [-0.4, -0.2) is 26.1 Å². The van der Waals surface area contributed by atoms with Crippen LogP contribution in [0.4, 0.5) is 5.69 Å². The molecule has 0 saturated heterocycles. The van der Waals surface area contributed by atoms with Crippen molar-refractivity contribution in [2.24, 2.45) is 0 Å². The molecule has 0 aliphatic carbocycles. The quantitative estimate of drug-likeness (QED) is 0.359. The van der Waals surface area contributed by atoms with Crippen LogP contribution >= 0.6 is 23.4 Å². The summed E-state index contributed by atoms with van der Waals surface area (Å²) in [6.07, 6.45) is 3.42. The van der Waals surface area contributed by atoms with Crippen LogP contribution in [0.1, 0.15) is 10.5 Å². The second kappa shape index (κ2) is 7.27. The van der Waals surface area contributed by atoms with Crippen molar-refractivity contribution in [3.05, 3.63) is 77.7 Å². The third-order valence-electron chi connectivity index (χ3n) is 4.48. The number of halogens is 1. The monoisotopic (exact) mass is 419 g/mol. The number of hydrogen-bond acceptors (Lipinski definition) is 4. The summed E-state index contributed by atoms with van der Waals surface area (Å²) in [5, 5.41) is 12.4. The molecular weight excluding hydrogens is 406 g/mol. The van der Waals surface area contributed by atoms with Crippen LogP contribution in [0, 0.1) is 0 Å². The smallest absolute Gasteiger partial charge is 0.273 e. The molecular formula is C21H14ClN5OS. The van der Waals surface area contributed by atoms with E-state index in [1.54, 1.807) is 12.4 Å². The summed E-state index contributed by atoms with van der Waals surface area (Å²) < 4.78 is 0. The SMILES string of the molecule is O=C(Nc1ccc2[nH]ncc2c1)c1[nH]c2ncccc2c1Sc1ccc(Cl)cc1. The molecule has 8 heteroatoms. The Morgan fingerprint density at radius 3 is 2.83 bits per heavy atom. The number of pyridine rings is 1. The number of H-pyrrole nitrogens is 2. The number of amides is 1. The second-order valence-electron chi connectivity index (χ2n) is 6.41. The van der Waals surface area contributed by atoms with Crippen LogP contribution in [0.3, 0.4) is 0 Å². The number of rotatable bonds is 4. The molecule has 0 aliphatic heterocycles. The third kappa shape index (κ3) is 3.46. The van der Waals surface area contributed by atoms with Crippen molar-refractivity contribution in [1.29, 1.82) is 0 Å². The lowest BCUT2D eigenvalue weighted by molar-refractivity contribution is 0.102. The Labute approximate surface area is 174 Å². The molecule has 0 aliphatic rings. The van der Waals surface area contributed by atoms with Gasteiger partial charge in [0.2, 0.25) is 0 Å². The van der Waals surface area contributed by atoms with Crippen molar-refractivity contribution in [3.63, 3.8) is 0 Å². The van der Waals surface area contributed by atoms with E-state index in [4.69, 9.17) is 11.6 Å². The largest absolute Gasteiger partial charge is 0.334 e. The number of carbonyl (C=O) groups excluding carboxylic acids is 1. The molecule has 0 unspecified atom stereocenters. The fourth-order valence-corrected chi connectivity index (χ4v) is 4.25. The van der Waals surface area contributed by atoms with E-state index >= 15 is 0 Å². The van der Waals surface area contributed by atoms with Gasteiger partial charge in [-0.3, -0.25) is 9.89 Å². The van der Waals surface area contributed by atoms with E-state index in [0.29, 0.717) is 22.1 Å². The maximum atomic E-state index is 13.1. The minimum absolute atomic E-state index is 0.234. The standard InChI is InChI=1S/C21H14ClN5OS/c22-13-3-6-15(7-4-13)29-19-16-2-1-9-23-20(16)26-18(19)21(28)25-14-5-8-17-12(10-14)11-24-27-17/h1-11H,(H,23,26)(H,24,27)(H,25,28). The lowest BCUT2D eigenvalue weighted by Crippen LogP contribution is -2.13. The average molecular weight is 420 g/mol. The summed E-state index contributed by atoms with van der Waals surface area (Å²) in [6.45, 7) is 0. The molecule has 5 rings (SSSR count). The number of nitrogens with zero attached hydrogens (tertiary/aromatic N) is 2. The first-order valence-electron chi connectivity index (χ1n) is 8.82. The Kier molecular flexibility index (Phi) is 4.46. The molecule has 3 N–H and O–H groups in total. The van der Waals surface area contributed by atoms with Crippen LogP contribution in [0.15, 0.2) is 76.8 Å². The van der Waals surface area contributed by atoms with E-state index in [0.717, 1.165) is 26.1 Å². The summed E-state index contributed by atoms with van der Waals surface area (Å²) in [4.78, 5) is 22.4. The Hall–Kier alpha value is -3.29. The summed E-state index contributed by atoms with van der Waals surface area (Å²) in [5.41, 5.74) is 2.74. The Balaban J connectivity index is 1.52. The van der Waals surface area contributed by atoms with E-state index in [-0.39, 0.29) is 5.91 Å². The lowest BCUT2D eigenvalue weighted by Gasteiger charge is -2.07. The van der Waals surface area contributed by atoms with E-state index in [2.05, 4.69) is 25.5 Å². The van der Waals surface area contributed by atoms with Crippen molar-refractivity contribution in [2.75, 3.05) is 5.32 Å². The van der Waals surface area contributed by atoms with Gasteiger partial charge in [-0.2, -0.15) is 5.10 Å². The number of aromatic amines is 2. The van der Waals surface area contributed by atoms with Crippen LogP contribution in [0.5, 0.6) is 0 Å². The van der Waals surface area contributed by atoms with Gasteiger partial charge in [-0.15, -0.1) is 0 Å². The van der Waals surface area contributed by atoms with Gasteiger partial charge in [0.25, 0.3) is 5.91 Å². The minimum Gasteiger partial charge on any atom is -0.334 e. The van der Waals surface area contributed by atoms with Crippen molar-refractivity contribution in [3.8, 4) is 0 Å². The molecule has 29 heavy (non-hydrogen) atoms. The molecule has 0 radical (unpaired) electrons. The molecule has 3 aromatic heterocycles. The zero-order valence-electron chi connectivity index (χ0n) is 14.9. The van der Waals surface area contributed by atoms with Crippen molar-refractivity contribution < 1.29 is 4.79 Å². The van der Waals surface area contributed by atoms with Gasteiger partial charge in [0, 0.05) is 32.6 Å². The fourth-order valence-electron chi connectivity index (χ4n) is 3.10. The molecule has 2 aromatic carbocycles. The van der Waals surface area contributed by atoms with Gasteiger partial charge in [-0.1, -0.05) is 23.4 Å². The number of hydrogen-bond donors (Lipinski definition) is 3. The number of carbonyl (C=O) groups is 1. The summed E-state index contributed by atoms with van der Waals surface area (Å²) in [7, 11) is 0. The Morgan fingerprint density at radius 2 is 1.97 bits per heavy atom. The van der Waals surface area contributed by atoms with E-state index in [1.165, 1.54) is 11.8 Å². The fraction of sp³-hybridized carbons (Fsp3) is 0. The predicted molar refractivity (Wildman–Crippen MR) is 116 cm³/mol. The lowest BCUT2D eigenvalue weighted by atomic mass is 10.2. The third-order valence-corrected chi connectivity index (χ3v) is 5.87. The minimum atomic E-state index is -0.234. The molecule has 0 bridgehead atoms. The number of fused-ring (bicyclic) bond motifs is 2. The first kappa shape index (κ1) is 17.8. The zero-order chi connectivity index (χ0) is 19.8. The van der Waals surface area contributed by atoms with Crippen LogP contribution in [-0.2, 0) is 0 Å². The normalized spacial score (nSPS) is 11.2. The molecule has 1 amide bonds. The highest BCUT2D eigenvalue weighted by Gasteiger charge is 2.20. The van der Waals surface area contributed by atoms with Crippen molar-refractivity contribution in [1.82, 2.24) is 20.2 Å². The van der Waals surface area contributed by atoms with Gasteiger partial charge >= 0.3 is 0 Å². The molecule has 0 fully saturated rings. The number of nitrogens with one attached hydrogen (secondary N) is 3. The second-order valence-corrected chi connectivity index (χ2v) is 7.93. The van der Waals surface area contributed by atoms with Crippen molar-refractivity contribution >= 4 is 56.9 Å². The highest BCUT2D eigenvalue weighted by molar-refractivity contribution is 7.99. The summed E-state index contributed by atoms with van der Waals surface area (Å²) >= 11 is 7.49. The Morgan fingerprint density at radius 1 is 1.10 bits per heavy atom. The van der Waals surface area contributed by atoms with Gasteiger partial charge < -0.3 is 10.3 Å². The molecule has 3 heterocycles. The number of benzene rings is 2. The van der Waals surface area contributed by atoms with Gasteiger partial charge in [0.15, 0.2) is 0 Å². The van der Waals surface area contributed by atoms with Gasteiger partial charge in [0.1, 0.15) is 11.3 Å². The molecule has 0 atom stereocenters. The average Bonchev–Trinajstić information content (AvgIpc) is 3.34. The Bertz CT molecular complexity index is 1340. The first-order valence-corrected chi connectivity index (χ1v) is 10.0. The highest BCUT2D eigenvalue weighted by Crippen LogP contribution is 2.37. The number of aromatic nitrogens is 4. The summed E-state index contributed by atoms with van der Waals surface area (Å²) in [5.74, 6) is -0.234. The molecule has 6 nitrogen and oxygen atoms in total. The predicted octanol–water partition coefficient (Wildman–Crippen LogP) is 5.50. The van der Waals surface area contributed by atoms with Gasteiger partial charge in [-0.25, -0.2) is 4.98 Å². The molecule has 142 valence electrons. The molecule has 5 aromatic rings. The van der Waals surface area contributed by atoms with E-state index < -0.39 is 0 Å². The summed E-state index contributed by atoms with van der Waals surface area (Å²) in [6, 6.07) is 16.9. The van der Waals surface area contributed by atoms with E-state index in [1.807, 2.05) is 54.6 Å². The van der Waals surface area contributed by atoms with Crippen LogP contribution < -0.4 is 5.32 Å². The van der Waals surface area contributed by atoms with E-state index in [9.17, 15) is 4.79 Å².